The maximum atomic E-state index is 5.46. The molecule has 0 atom stereocenters. The Balaban J connectivity index is 1.07. The monoisotopic (exact) mass is 949 g/mol. The predicted molar refractivity (Wildman–Crippen MR) is 282 cm³/mol. The van der Waals surface area contributed by atoms with Crippen molar-refractivity contribution in [1.82, 2.24) is 29.9 Å². The largest absolute Gasteiger partial charge is 0.497 e. The van der Waals surface area contributed by atoms with Gasteiger partial charge in [0.25, 0.3) is 0 Å². The van der Waals surface area contributed by atoms with Gasteiger partial charge in [0.2, 0.25) is 0 Å². The van der Waals surface area contributed by atoms with Gasteiger partial charge in [0.15, 0.2) is 11.3 Å². The van der Waals surface area contributed by atoms with Crippen LogP contribution in [0.5, 0.6) is 11.5 Å². The van der Waals surface area contributed by atoms with Crippen molar-refractivity contribution in [1.29, 1.82) is 0 Å². The summed E-state index contributed by atoms with van der Waals surface area (Å²) in [6.45, 7) is 14.2. The number of pyridine rings is 2. The van der Waals surface area contributed by atoms with Crippen LogP contribution in [0.1, 0.15) is 64.1 Å². The number of hydrogen-bond acceptors (Lipinski definition) is 13. The quantitative estimate of drug-likeness (QED) is 0.101. The Bertz CT molecular complexity index is 3030. The van der Waals surface area contributed by atoms with Crippen LogP contribution >= 0.6 is 23.5 Å². The smallest absolute Gasteiger partial charge is 0.164 e. The minimum absolute atomic E-state index is 0.121. The van der Waals surface area contributed by atoms with E-state index in [-0.39, 0.29) is 10.8 Å². The average molecular weight is 950 g/mol. The molecule has 13 heteroatoms. The van der Waals surface area contributed by atoms with Gasteiger partial charge in [-0.1, -0.05) is 95.4 Å². The van der Waals surface area contributed by atoms with E-state index in [9.17, 15) is 0 Å². The summed E-state index contributed by atoms with van der Waals surface area (Å²) < 4.78 is 10.9. The van der Waals surface area contributed by atoms with Crippen LogP contribution in [0.3, 0.4) is 0 Å². The van der Waals surface area contributed by atoms with Gasteiger partial charge in [0.05, 0.1) is 36.4 Å². The van der Waals surface area contributed by atoms with Crippen molar-refractivity contribution in [3.05, 3.63) is 175 Å². The van der Waals surface area contributed by atoms with Gasteiger partial charge >= 0.3 is 0 Å². The molecule has 0 fully saturated rings. The van der Waals surface area contributed by atoms with Crippen molar-refractivity contribution in [3.63, 3.8) is 0 Å². The average Bonchev–Trinajstić information content (AvgIpc) is 3.35. The molecule has 0 aliphatic carbocycles. The number of fused-ring (bicyclic) bond motifs is 2. The Kier molecular flexibility index (Phi) is 13.7. The van der Waals surface area contributed by atoms with Crippen LogP contribution in [0.4, 0.5) is 28.7 Å². The number of nitrogens with one attached hydrogen (secondary N) is 2. The first-order valence-corrected chi connectivity index (χ1v) is 24.4. The molecular formula is C56H55N9O2S2. The second-order valence-corrected chi connectivity index (χ2v) is 21.0. The summed E-state index contributed by atoms with van der Waals surface area (Å²) in [6, 6.07) is 48.3. The minimum atomic E-state index is -0.121. The molecule has 69 heavy (non-hydrogen) atoms. The summed E-state index contributed by atoms with van der Waals surface area (Å²) >= 11 is 3.36. The molecule has 9 rings (SSSR count). The highest BCUT2D eigenvalue weighted by atomic mass is 32.2. The molecule has 0 unspecified atom stereocenters. The second kappa shape index (κ2) is 20.2. The van der Waals surface area contributed by atoms with Crippen LogP contribution in [-0.2, 0) is 23.9 Å². The lowest BCUT2D eigenvalue weighted by molar-refractivity contribution is 0.414. The van der Waals surface area contributed by atoms with E-state index in [4.69, 9.17) is 29.4 Å². The summed E-state index contributed by atoms with van der Waals surface area (Å²) in [5.74, 6) is 3.01. The highest BCUT2D eigenvalue weighted by Crippen LogP contribution is 2.40. The van der Waals surface area contributed by atoms with Gasteiger partial charge < -0.3 is 25.0 Å². The van der Waals surface area contributed by atoms with Crippen LogP contribution in [-0.4, -0.2) is 44.1 Å². The maximum Gasteiger partial charge on any atom is 0.164 e. The third kappa shape index (κ3) is 11.2. The lowest BCUT2D eigenvalue weighted by Crippen LogP contribution is -2.22. The highest BCUT2D eigenvalue weighted by Gasteiger charge is 2.21. The molecule has 0 aliphatic rings. The molecule has 348 valence electrons. The molecule has 2 N–H and O–H groups in total. The van der Waals surface area contributed by atoms with Crippen molar-refractivity contribution in [2.75, 3.05) is 29.8 Å². The van der Waals surface area contributed by atoms with Gasteiger partial charge in [-0.3, -0.25) is 0 Å². The zero-order chi connectivity index (χ0) is 48.1. The molecule has 0 saturated carbocycles. The lowest BCUT2D eigenvalue weighted by Gasteiger charge is -2.26. The van der Waals surface area contributed by atoms with Crippen LogP contribution in [0, 0.1) is 0 Å². The predicted octanol–water partition coefficient (Wildman–Crippen LogP) is 14.0. The van der Waals surface area contributed by atoms with E-state index in [1.807, 2.05) is 24.3 Å². The second-order valence-electron chi connectivity index (χ2n) is 18.7. The molecular weight excluding hydrogens is 895 g/mol. The number of nitrogens with zero attached hydrogens (tertiary/aromatic N) is 7. The zero-order valence-corrected chi connectivity index (χ0v) is 41.7. The van der Waals surface area contributed by atoms with Crippen molar-refractivity contribution in [2.24, 2.45) is 0 Å². The van der Waals surface area contributed by atoms with E-state index >= 15 is 0 Å². The van der Waals surface area contributed by atoms with Crippen LogP contribution < -0.4 is 25.0 Å². The van der Waals surface area contributed by atoms with Crippen LogP contribution in [0.2, 0.25) is 0 Å². The van der Waals surface area contributed by atoms with Gasteiger partial charge in [-0.2, -0.15) is 0 Å². The highest BCUT2D eigenvalue weighted by molar-refractivity contribution is 7.99. The first kappa shape index (κ1) is 46.9. The lowest BCUT2D eigenvalue weighted by atomic mass is 9.91. The fraction of sp³-hybridized carbons (Fsp3) is 0.214. The fourth-order valence-corrected chi connectivity index (χ4v) is 9.52. The first-order chi connectivity index (χ1) is 33.3. The SMILES string of the molecule is COc1ccc(Sc2ccc(CN(Cc3ccc(Sc4ccc(OC)cc4)c(Nc4ncnc5nc(C(C)(C)C)ccc45)c3)c3ccccc3)cc2Nc2ncnc3nc(C(C)(C)C)ccc23)cc1. The molecule has 5 aromatic carbocycles. The Morgan fingerprint density at radius 1 is 0.493 bits per heavy atom. The molecule has 9 aromatic rings. The summed E-state index contributed by atoms with van der Waals surface area (Å²) in [6.07, 6.45) is 3.16. The maximum absolute atomic E-state index is 5.46. The van der Waals surface area contributed by atoms with E-state index in [0.29, 0.717) is 36.0 Å². The van der Waals surface area contributed by atoms with Crippen molar-refractivity contribution < 1.29 is 9.47 Å². The third-order valence-corrected chi connectivity index (χ3v) is 13.7. The molecule has 4 heterocycles. The Hall–Kier alpha value is -7.22. The summed E-state index contributed by atoms with van der Waals surface area (Å²) in [4.78, 5) is 35.2. The number of hydrogen-bond donors (Lipinski definition) is 2. The molecule has 4 aromatic heterocycles. The van der Waals surface area contributed by atoms with E-state index < -0.39 is 0 Å². The van der Waals surface area contributed by atoms with Gasteiger partial charge in [-0.15, -0.1) is 0 Å². The molecule has 0 bridgehead atoms. The third-order valence-electron chi connectivity index (χ3n) is 11.6. The fourth-order valence-electron chi connectivity index (χ4n) is 7.76. The normalized spacial score (nSPS) is 11.7. The number of anilines is 5. The van der Waals surface area contributed by atoms with Crippen molar-refractivity contribution >= 4 is 74.3 Å². The van der Waals surface area contributed by atoms with E-state index in [1.165, 1.54) is 0 Å². The van der Waals surface area contributed by atoms with Gasteiger partial charge in [-0.25, -0.2) is 29.9 Å². The van der Waals surface area contributed by atoms with Gasteiger partial charge in [-0.05, 0) is 120 Å². The Labute approximate surface area is 412 Å². The molecule has 0 spiro atoms. The van der Waals surface area contributed by atoms with Gasteiger partial charge in [0, 0.05) is 60.6 Å². The molecule has 0 radical (unpaired) electrons. The molecule has 11 nitrogen and oxygen atoms in total. The summed E-state index contributed by atoms with van der Waals surface area (Å²) in [5, 5.41) is 9.13. The number of methoxy groups -OCH3 is 2. The summed E-state index contributed by atoms with van der Waals surface area (Å²) in [5.41, 5.74) is 8.19. The van der Waals surface area contributed by atoms with Crippen molar-refractivity contribution in [2.45, 2.75) is 85.0 Å². The Morgan fingerprint density at radius 2 is 0.928 bits per heavy atom. The Morgan fingerprint density at radius 3 is 1.33 bits per heavy atom. The van der Waals surface area contributed by atoms with Crippen LogP contribution in [0.15, 0.2) is 172 Å². The molecule has 0 saturated heterocycles. The topological polar surface area (TPSA) is 123 Å². The first-order valence-electron chi connectivity index (χ1n) is 22.8. The van der Waals surface area contributed by atoms with E-state index in [2.05, 4.69) is 182 Å². The zero-order valence-electron chi connectivity index (χ0n) is 40.1. The van der Waals surface area contributed by atoms with Gasteiger partial charge in [0.1, 0.15) is 35.8 Å². The minimum Gasteiger partial charge on any atom is -0.497 e. The van der Waals surface area contributed by atoms with E-state index in [1.54, 1.807) is 50.4 Å². The van der Waals surface area contributed by atoms with Crippen LogP contribution in [0.25, 0.3) is 22.1 Å². The number of rotatable bonds is 15. The number of para-hydroxylation sites is 1. The standard InChI is InChI=1S/C56H55N9O2S2/c1-55(2,3)49-28-24-43-51(57-34-59-53(43)63-49)61-45-30-36(14-26-47(45)68-41-20-16-39(66-7)17-21-41)32-65(38-12-10-9-11-13-38)33-37-15-27-48(69-42-22-18-40(67-8)19-23-42)46(31-37)62-52-44-25-29-50(56(4,5)6)64-54(44)60-35-58-52/h9-31,34-35H,32-33H2,1-8H3,(H,57,59,61,63)(H,58,60,62,64). The molecule has 0 amide bonds. The number of benzene rings is 5. The molecule has 0 aliphatic heterocycles. The number of ether oxygens (including phenoxy) is 2. The van der Waals surface area contributed by atoms with Crippen molar-refractivity contribution in [3.8, 4) is 11.5 Å². The summed E-state index contributed by atoms with van der Waals surface area (Å²) in [7, 11) is 3.37. The van der Waals surface area contributed by atoms with E-state index in [0.717, 1.165) is 81.4 Å². The number of aromatic nitrogens is 6.